The van der Waals surface area contributed by atoms with Gasteiger partial charge in [0.2, 0.25) is 0 Å². The summed E-state index contributed by atoms with van der Waals surface area (Å²) in [7, 11) is 0. The van der Waals surface area contributed by atoms with Gasteiger partial charge in [0, 0.05) is 35.4 Å². The number of nitrogens with one attached hydrogen (secondary N) is 1. The van der Waals surface area contributed by atoms with Gasteiger partial charge in [-0.25, -0.2) is 0 Å². The van der Waals surface area contributed by atoms with Gasteiger partial charge in [0.15, 0.2) is 0 Å². The predicted octanol–water partition coefficient (Wildman–Crippen LogP) is 6.42. The molecule has 0 saturated heterocycles. The first kappa shape index (κ1) is 17.0. The first-order valence-electron chi connectivity index (χ1n) is 9.83. The molecule has 0 radical (unpaired) electrons. The number of aromatic amines is 1. The number of H-pyrrole nitrogens is 1. The van der Waals surface area contributed by atoms with E-state index in [9.17, 15) is 0 Å². The largest absolute Gasteiger partial charge is 0.361 e. The van der Waals surface area contributed by atoms with Crippen LogP contribution in [0.2, 0.25) is 0 Å². The predicted molar refractivity (Wildman–Crippen MR) is 112 cm³/mol. The topological polar surface area (TPSA) is 20.7 Å². The van der Waals surface area contributed by atoms with Crippen LogP contribution < -0.4 is 0 Å². The molecule has 2 unspecified atom stereocenters. The monoisotopic (exact) mass is 344 g/mol. The molecule has 2 nitrogen and oxygen atoms in total. The molecule has 0 saturated carbocycles. The van der Waals surface area contributed by atoms with Crippen LogP contribution in [0.5, 0.6) is 0 Å². The van der Waals surface area contributed by atoms with Gasteiger partial charge >= 0.3 is 0 Å². The van der Waals surface area contributed by atoms with Gasteiger partial charge in [-0.1, -0.05) is 56.7 Å². The Kier molecular flexibility index (Phi) is 4.83. The van der Waals surface area contributed by atoms with Crippen molar-refractivity contribution in [1.29, 1.82) is 0 Å². The summed E-state index contributed by atoms with van der Waals surface area (Å²) in [5, 5.41) is 2.71. The van der Waals surface area contributed by atoms with Gasteiger partial charge in [-0.2, -0.15) is 0 Å². The molecule has 0 aliphatic carbocycles. The molecule has 26 heavy (non-hydrogen) atoms. The van der Waals surface area contributed by atoms with Crippen molar-refractivity contribution in [3.8, 4) is 0 Å². The fourth-order valence-electron chi connectivity index (χ4n) is 4.15. The number of hydrogen-bond donors (Lipinski definition) is 1. The zero-order valence-electron chi connectivity index (χ0n) is 15.8. The second kappa shape index (κ2) is 7.41. The Labute approximate surface area is 155 Å². The van der Waals surface area contributed by atoms with E-state index in [1.54, 1.807) is 0 Å². The molecule has 0 spiro atoms. The maximum atomic E-state index is 3.44. The molecule has 0 aliphatic heterocycles. The van der Waals surface area contributed by atoms with Crippen LogP contribution in [0.25, 0.3) is 21.8 Å². The molecule has 4 aromatic rings. The van der Waals surface area contributed by atoms with Crippen molar-refractivity contribution >= 4 is 21.8 Å². The number of fused-ring (bicyclic) bond motifs is 2. The van der Waals surface area contributed by atoms with Gasteiger partial charge in [0.1, 0.15) is 0 Å². The van der Waals surface area contributed by atoms with Gasteiger partial charge < -0.3 is 9.55 Å². The van der Waals surface area contributed by atoms with Crippen LogP contribution in [0.4, 0.5) is 0 Å². The lowest BCUT2D eigenvalue weighted by atomic mass is 9.88. The Hall–Kier alpha value is -2.48. The van der Waals surface area contributed by atoms with Crippen LogP contribution in [-0.4, -0.2) is 9.55 Å². The zero-order valence-corrected chi connectivity index (χ0v) is 15.8. The molecule has 1 N–H and O–H groups in total. The molecule has 2 atom stereocenters. The molecule has 0 aliphatic rings. The summed E-state index contributed by atoms with van der Waals surface area (Å²) in [6.45, 7) is 5.77. The molecule has 0 fully saturated rings. The standard InChI is InChI=1S/C24H28N2/c1-3-18(2)14-19(15-21-16-25-23-10-6-5-9-22(21)23)17-26-13-12-20-8-4-7-11-24(20)26/h4-13,16,18-19,25H,3,14-15,17H2,1-2H3. The Balaban J connectivity index is 1.61. The third kappa shape index (κ3) is 3.41. The molecule has 134 valence electrons. The van der Waals surface area contributed by atoms with E-state index in [0.29, 0.717) is 5.92 Å². The molecule has 4 rings (SSSR count). The zero-order chi connectivity index (χ0) is 17.9. The average molecular weight is 345 g/mol. The third-order valence-electron chi connectivity index (χ3n) is 5.75. The van der Waals surface area contributed by atoms with Crippen molar-refractivity contribution in [3.63, 3.8) is 0 Å². The van der Waals surface area contributed by atoms with Crippen LogP contribution in [0.15, 0.2) is 67.0 Å². The summed E-state index contributed by atoms with van der Waals surface area (Å²) in [6.07, 6.45) is 8.10. The average Bonchev–Trinajstić information content (AvgIpc) is 3.26. The summed E-state index contributed by atoms with van der Waals surface area (Å²) in [6, 6.07) is 19.6. The molecular weight excluding hydrogens is 316 g/mol. The van der Waals surface area contributed by atoms with Crippen molar-refractivity contribution in [2.75, 3.05) is 0 Å². The fourth-order valence-corrected chi connectivity index (χ4v) is 4.15. The Bertz CT molecular complexity index is 915. The van der Waals surface area contributed by atoms with Crippen LogP contribution in [0.1, 0.15) is 32.3 Å². The Morgan fingerprint density at radius 1 is 1.00 bits per heavy atom. The maximum absolute atomic E-state index is 3.44. The molecule has 0 bridgehead atoms. The van der Waals surface area contributed by atoms with Crippen molar-refractivity contribution in [2.45, 2.75) is 39.7 Å². The number of hydrogen-bond acceptors (Lipinski definition) is 0. The summed E-state index contributed by atoms with van der Waals surface area (Å²) < 4.78 is 2.44. The van der Waals surface area contributed by atoms with Crippen LogP contribution in [0.3, 0.4) is 0 Å². The van der Waals surface area contributed by atoms with E-state index in [0.717, 1.165) is 18.9 Å². The Morgan fingerprint density at radius 2 is 1.81 bits per heavy atom. The van der Waals surface area contributed by atoms with Crippen molar-refractivity contribution < 1.29 is 0 Å². The highest BCUT2D eigenvalue weighted by Gasteiger charge is 2.17. The van der Waals surface area contributed by atoms with Gasteiger partial charge in [0.25, 0.3) is 0 Å². The van der Waals surface area contributed by atoms with E-state index >= 15 is 0 Å². The molecule has 2 heteroatoms. The molecule has 2 aromatic heterocycles. The minimum absolute atomic E-state index is 0.639. The van der Waals surface area contributed by atoms with Crippen molar-refractivity contribution in [3.05, 3.63) is 72.6 Å². The summed E-state index contributed by atoms with van der Waals surface area (Å²) in [5.41, 5.74) is 4.04. The lowest BCUT2D eigenvalue weighted by Gasteiger charge is -2.21. The SMILES string of the molecule is CCC(C)CC(Cc1c[nH]c2ccccc12)Cn1ccc2ccccc21. The van der Waals surface area contributed by atoms with Gasteiger partial charge in [-0.05, 0) is 53.8 Å². The molecule has 2 aromatic carbocycles. The smallest absolute Gasteiger partial charge is 0.0480 e. The van der Waals surface area contributed by atoms with Crippen molar-refractivity contribution in [2.24, 2.45) is 11.8 Å². The first-order valence-corrected chi connectivity index (χ1v) is 9.83. The molecule has 2 heterocycles. The van der Waals surface area contributed by atoms with Gasteiger partial charge in [-0.3, -0.25) is 0 Å². The van der Waals surface area contributed by atoms with Crippen LogP contribution in [0, 0.1) is 11.8 Å². The number of para-hydroxylation sites is 2. The minimum atomic E-state index is 0.639. The van der Waals surface area contributed by atoms with Gasteiger partial charge in [-0.15, -0.1) is 0 Å². The lowest BCUT2D eigenvalue weighted by Crippen LogP contribution is -2.16. The fraction of sp³-hybridized carbons (Fsp3) is 0.333. The number of benzene rings is 2. The number of rotatable bonds is 7. The Morgan fingerprint density at radius 3 is 2.69 bits per heavy atom. The summed E-state index contributed by atoms with van der Waals surface area (Å²) in [5.74, 6) is 1.40. The second-order valence-corrected chi connectivity index (χ2v) is 7.71. The van der Waals surface area contributed by atoms with Crippen molar-refractivity contribution in [1.82, 2.24) is 9.55 Å². The highest BCUT2D eigenvalue weighted by Crippen LogP contribution is 2.27. The lowest BCUT2D eigenvalue weighted by molar-refractivity contribution is 0.345. The third-order valence-corrected chi connectivity index (χ3v) is 5.75. The van der Waals surface area contributed by atoms with Crippen LogP contribution in [-0.2, 0) is 13.0 Å². The second-order valence-electron chi connectivity index (χ2n) is 7.71. The number of aromatic nitrogens is 2. The minimum Gasteiger partial charge on any atom is -0.361 e. The van der Waals surface area contributed by atoms with E-state index < -0.39 is 0 Å². The normalized spacial score (nSPS) is 14.1. The van der Waals surface area contributed by atoms with E-state index in [1.165, 1.54) is 40.2 Å². The highest BCUT2D eigenvalue weighted by molar-refractivity contribution is 5.83. The van der Waals surface area contributed by atoms with E-state index in [1.807, 2.05) is 0 Å². The van der Waals surface area contributed by atoms with Gasteiger partial charge in [0.05, 0.1) is 0 Å². The highest BCUT2D eigenvalue weighted by atomic mass is 15.0. The van der Waals surface area contributed by atoms with E-state index in [2.05, 4.69) is 90.4 Å². The number of nitrogens with zero attached hydrogens (tertiary/aromatic N) is 1. The summed E-state index contributed by atoms with van der Waals surface area (Å²) >= 11 is 0. The van der Waals surface area contributed by atoms with Crippen LogP contribution >= 0.6 is 0 Å². The molecule has 0 amide bonds. The summed E-state index contributed by atoms with van der Waals surface area (Å²) in [4.78, 5) is 3.44. The van der Waals surface area contributed by atoms with E-state index in [-0.39, 0.29) is 0 Å². The first-order chi connectivity index (χ1) is 12.7. The quantitative estimate of drug-likeness (QED) is 0.399. The van der Waals surface area contributed by atoms with E-state index in [4.69, 9.17) is 0 Å². The molecular formula is C24H28N2. The maximum Gasteiger partial charge on any atom is 0.0480 e.